The summed E-state index contributed by atoms with van der Waals surface area (Å²) in [6.07, 6.45) is 0. The maximum absolute atomic E-state index is 6.13. The van der Waals surface area contributed by atoms with Crippen molar-refractivity contribution in [2.24, 2.45) is 0 Å². The van der Waals surface area contributed by atoms with Gasteiger partial charge in [-0.05, 0) is 35.9 Å². The van der Waals surface area contributed by atoms with Crippen LogP contribution in [0, 0.1) is 0 Å². The topological polar surface area (TPSA) is 21.3 Å². The zero-order valence-corrected chi connectivity index (χ0v) is 13.3. The number of nitrogens with one attached hydrogen (secondary N) is 1. The van der Waals surface area contributed by atoms with E-state index < -0.39 is 0 Å². The SMILES string of the molecule is COc1ccc(Cl)c(NCc2cc(Cl)ccc2Br)c1. The highest BCUT2D eigenvalue weighted by molar-refractivity contribution is 9.10. The molecule has 0 aromatic heterocycles. The summed E-state index contributed by atoms with van der Waals surface area (Å²) >= 11 is 15.6. The van der Waals surface area contributed by atoms with E-state index in [0.29, 0.717) is 16.6 Å². The highest BCUT2D eigenvalue weighted by Crippen LogP contribution is 2.28. The van der Waals surface area contributed by atoms with Gasteiger partial charge in [-0.1, -0.05) is 39.1 Å². The molecule has 5 heteroatoms. The van der Waals surface area contributed by atoms with Crippen molar-refractivity contribution < 1.29 is 4.74 Å². The minimum atomic E-state index is 0.619. The fourth-order valence-electron chi connectivity index (χ4n) is 1.64. The molecule has 0 aliphatic heterocycles. The third-order valence-corrected chi connectivity index (χ3v) is 3.99. The first-order chi connectivity index (χ1) is 9.10. The summed E-state index contributed by atoms with van der Waals surface area (Å²) < 4.78 is 6.18. The lowest BCUT2D eigenvalue weighted by Crippen LogP contribution is -2.01. The van der Waals surface area contributed by atoms with Crippen molar-refractivity contribution in [2.75, 3.05) is 12.4 Å². The number of methoxy groups -OCH3 is 1. The molecular weight excluding hydrogens is 349 g/mol. The van der Waals surface area contributed by atoms with E-state index in [4.69, 9.17) is 27.9 Å². The zero-order valence-electron chi connectivity index (χ0n) is 10.2. The number of hydrogen-bond donors (Lipinski definition) is 1. The van der Waals surface area contributed by atoms with E-state index in [1.54, 1.807) is 13.2 Å². The van der Waals surface area contributed by atoms with Gasteiger partial charge < -0.3 is 10.1 Å². The molecule has 0 saturated heterocycles. The maximum atomic E-state index is 6.13. The van der Waals surface area contributed by atoms with E-state index in [-0.39, 0.29) is 0 Å². The van der Waals surface area contributed by atoms with Crippen molar-refractivity contribution in [2.45, 2.75) is 6.54 Å². The summed E-state index contributed by atoms with van der Waals surface area (Å²) in [5, 5.41) is 4.63. The molecule has 2 nitrogen and oxygen atoms in total. The first-order valence-corrected chi connectivity index (χ1v) is 7.16. The van der Waals surface area contributed by atoms with Gasteiger partial charge in [0.25, 0.3) is 0 Å². The van der Waals surface area contributed by atoms with Gasteiger partial charge in [0.1, 0.15) is 5.75 Å². The quantitative estimate of drug-likeness (QED) is 0.790. The first kappa shape index (κ1) is 14.5. The van der Waals surface area contributed by atoms with Crippen LogP contribution in [-0.4, -0.2) is 7.11 Å². The Kier molecular flexibility index (Phi) is 4.97. The number of hydrogen-bond acceptors (Lipinski definition) is 2. The van der Waals surface area contributed by atoms with Gasteiger partial charge >= 0.3 is 0 Å². The molecule has 0 saturated carbocycles. The van der Waals surface area contributed by atoms with Gasteiger partial charge in [0, 0.05) is 22.1 Å². The Bertz CT molecular complexity index is 590. The van der Waals surface area contributed by atoms with Crippen LogP contribution in [0.2, 0.25) is 10.0 Å². The summed E-state index contributed by atoms with van der Waals surface area (Å²) in [6.45, 7) is 0.619. The summed E-state index contributed by atoms with van der Waals surface area (Å²) in [4.78, 5) is 0. The molecule has 100 valence electrons. The Morgan fingerprint density at radius 3 is 2.68 bits per heavy atom. The maximum Gasteiger partial charge on any atom is 0.121 e. The van der Waals surface area contributed by atoms with E-state index in [2.05, 4.69) is 21.2 Å². The molecule has 0 heterocycles. The number of benzene rings is 2. The molecular formula is C14H12BrCl2NO. The molecule has 2 aromatic carbocycles. The van der Waals surface area contributed by atoms with Crippen LogP contribution in [0.5, 0.6) is 5.75 Å². The Morgan fingerprint density at radius 1 is 1.16 bits per heavy atom. The van der Waals surface area contributed by atoms with Crippen LogP contribution < -0.4 is 10.1 Å². The molecule has 0 fully saturated rings. The second kappa shape index (κ2) is 6.51. The molecule has 0 spiro atoms. The molecule has 0 bridgehead atoms. The Morgan fingerprint density at radius 2 is 1.95 bits per heavy atom. The average Bonchev–Trinajstić information content (AvgIpc) is 2.41. The normalized spacial score (nSPS) is 10.3. The van der Waals surface area contributed by atoms with Gasteiger partial charge in [-0.3, -0.25) is 0 Å². The molecule has 0 unspecified atom stereocenters. The van der Waals surface area contributed by atoms with Crippen LogP contribution in [0.1, 0.15) is 5.56 Å². The lowest BCUT2D eigenvalue weighted by Gasteiger charge is -2.11. The molecule has 2 rings (SSSR count). The van der Waals surface area contributed by atoms with Crippen molar-refractivity contribution in [3.05, 3.63) is 56.5 Å². The van der Waals surface area contributed by atoms with Crippen LogP contribution in [0.4, 0.5) is 5.69 Å². The van der Waals surface area contributed by atoms with Crippen molar-refractivity contribution >= 4 is 44.8 Å². The molecule has 0 radical (unpaired) electrons. The molecule has 1 N–H and O–H groups in total. The monoisotopic (exact) mass is 359 g/mol. The van der Waals surface area contributed by atoms with E-state index in [0.717, 1.165) is 21.5 Å². The minimum Gasteiger partial charge on any atom is -0.497 e. The molecule has 2 aromatic rings. The second-order valence-electron chi connectivity index (χ2n) is 3.94. The molecule has 19 heavy (non-hydrogen) atoms. The Labute approximate surface area is 130 Å². The second-order valence-corrected chi connectivity index (χ2v) is 5.63. The van der Waals surface area contributed by atoms with Gasteiger partial charge in [-0.15, -0.1) is 0 Å². The lowest BCUT2D eigenvalue weighted by molar-refractivity contribution is 0.415. The highest BCUT2D eigenvalue weighted by atomic mass is 79.9. The van der Waals surface area contributed by atoms with E-state index in [9.17, 15) is 0 Å². The highest BCUT2D eigenvalue weighted by Gasteiger charge is 2.05. The molecule has 0 amide bonds. The average molecular weight is 361 g/mol. The number of anilines is 1. The lowest BCUT2D eigenvalue weighted by atomic mass is 10.2. The summed E-state index contributed by atoms with van der Waals surface area (Å²) in [6, 6.07) is 11.2. The van der Waals surface area contributed by atoms with Crippen molar-refractivity contribution in [1.82, 2.24) is 0 Å². The van der Waals surface area contributed by atoms with Crippen LogP contribution in [0.3, 0.4) is 0 Å². The Balaban J connectivity index is 2.16. The van der Waals surface area contributed by atoms with Crippen molar-refractivity contribution in [3.8, 4) is 5.75 Å². The smallest absolute Gasteiger partial charge is 0.121 e. The third kappa shape index (κ3) is 3.78. The summed E-state index contributed by atoms with van der Waals surface area (Å²) in [5.41, 5.74) is 1.89. The zero-order chi connectivity index (χ0) is 13.8. The third-order valence-electron chi connectivity index (χ3n) is 2.65. The summed E-state index contributed by atoms with van der Waals surface area (Å²) in [5.74, 6) is 0.761. The molecule has 0 aliphatic rings. The van der Waals surface area contributed by atoms with Crippen molar-refractivity contribution in [3.63, 3.8) is 0 Å². The Hall–Kier alpha value is -0.900. The fourth-order valence-corrected chi connectivity index (χ4v) is 2.40. The molecule has 0 atom stereocenters. The van der Waals surface area contributed by atoms with E-state index >= 15 is 0 Å². The first-order valence-electron chi connectivity index (χ1n) is 5.61. The number of halogens is 3. The van der Waals surface area contributed by atoms with Crippen LogP contribution in [0.25, 0.3) is 0 Å². The largest absolute Gasteiger partial charge is 0.497 e. The minimum absolute atomic E-state index is 0.619. The van der Waals surface area contributed by atoms with Gasteiger partial charge in [0.15, 0.2) is 0 Å². The van der Waals surface area contributed by atoms with Crippen LogP contribution >= 0.6 is 39.1 Å². The predicted octanol–water partition coefficient (Wildman–Crippen LogP) is 5.38. The van der Waals surface area contributed by atoms with Crippen molar-refractivity contribution in [1.29, 1.82) is 0 Å². The van der Waals surface area contributed by atoms with Gasteiger partial charge in [-0.2, -0.15) is 0 Å². The predicted molar refractivity (Wildman–Crippen MR) is 84.5 cm³/mol. The summed E-state index contributed by atoms with van der Waals surface area (Å²) in [7, 11) is 1.63. The van der Waals surface area contributed by atoms with E-state index in [1.807, 2.05) is 30.3 Å². The fraction of sp³-hybridized carbons (Fsp3) is 0.143. The molecule has 0 aliphatic carbocycles. The van der Waals surface area contributed by atoms with Gasteiger partial charge in [0.2, 0.25) is 0 Å². The van der Waals surface area contributed by atoms with Gasteiger partial charge in [0.05, 0.1) is 17.8 Å². The number of rotatable bonds is 4. The standard InChI is InChI=1S/C14H12BrCl2NO/c1-19-11-3-5-13(17)14(7-11)18-8-9-6-10(16)2-4-12(9)15/h2-7,18H,8H2,1H3. The van der Waals surface area contributed by atoms with Crippen LogP contribution in [0.15, 0.2) is 40.9 Å². The number of ether oxygens (including phenoxy) is 1. The van der Waals surface area contributed by atoms with E-state index in [1.165, 1.54) is 0 Å². The van der Waals surface area contributed by atoms with Crippen LogP contribution in [-0.2, 0) is 6.54 Å². The van der Waals surface area contributed by atoms with Gasteiger partial charge in [-0.25, -0.2) is 0 Å².